The van der Waals surface area contributed by atoms with Crippen LogP contribution in [0.2, 0.25) is 0 Å². The summed E-state index contributed by atoms with van der Waals surface area (Å²) in [7, 11) is 0. The molecule has 3 heteroatoms. The van der Waals surface area contributed by atoms with Crippen molar-refractivity contribution in [2.24, 2.45) is 0 Å². The van der Waals surface area contributed by atoms with Crippen LogP contribution in [0.5, 0.6) is 0 Å². The van der Waals surface area contributed by atoms with Crippen molar-refractivity contribution in [2.75, 3.05) is 11.9 Å². The lowest BCUT2D eigenvalue weighted by atomic mass is 9.86. The van der Waals surface area contributed by atoms with Crippen LogP contribution in [0.3, 0.4) is 0 Å². The van der Waals surface area contributed by atoms with Crippen molar-refractivity contribution in [3.8, 4) is 11.3 Å². The summed E-state index contributed by atoms with van der Waals surface area (Å²) >= 11 is 0. The third-order valence-electron chi connectivity index (χ3n) is 3.68. The summed E-state index contributed by atoms with van der Waals surface area (Å²) in [6.45, 7) is 13.6. The van der Waals surface area contributed by atoms with Crippen molar-refractivity contribution in [1.29, 1.82) is 0 Å². The lowest BCUT2D eigenvalue weighted by Crippen LogP contribution is -2.10. The maximum atomic E-state index is 4.73. The molecule has 112 valence electrons. The molecule has 1 heterocycles. The second-order valence-corrected chi connectivity index (χ2v) is 6.45. The standard InChI is InChI=1S/C18H25N3/c1-7-19-17-16(20-12(2)13(3)21-17)14-8-10-15(11-9-14)18(4,5)6/h8-11H,7H2,1-6H3,(H,19,21). The van der Waals surface area contributed by atoms with Gasteiger partial charge in [-0.2, -0.15) is 0 Å². The van der Waals surface area contributed by atoms with Crippen LogP contribution in [0, 0.1) is 13.8 Å². The van der Waals surface area contributed by atoms with E-state index in [9.17, 15) is 0 Å². The molecule has 0 fully saturated rings. The van der Waals surface area contributed by atoms with E-state index in [0.29, 0.717) is 0 Å². The number of nitrogens with zero attached hydrogens (tertiary/aromatic N) is 2. The summed E-state index contributed by atoms with van der Waals surface area (Å²) in [6.07, 6.45) is 0. The Balaban J connectivity index is 2.48. The van der Waals surface area contributed by atoms with Crippen LogP contribution in [0.15, 0.2) is 24.3 Å². The number of hydrogen-bond acceptors (Lipinski definition) is 3. The monoisotopic (exact) mass is 283 g/mol. The molecule has 0 aliphatic rings. The Morgan fingerprint density at radius 2 is 1.52 bits per heavy atom. The molecule has 0 spiro atoms. The quantitative estimate of drug-likeness (QED) is 0.902. The van der Waals surface area contributed by atoms with Crippen molar-refractivity contribution in [3.05, 3.63) is 41.2 Å². The smallest absolute Gasteiger partial charge is 0.152 e. The first-order valence-electron chi connectivity index (χ1n) is 7.53. The van der Waals surface area contributed by atoms with Gasteiger partial charge < -0.3 is 5.32 Å². The van der Waals surface area contributed by atoms with Gasteiger partial charge in [0.2, 0.25) is 0 Å². The predicted octanol–water partition coefficient (Wildman–Crippen LogP) is 4.49. The highest BCUT2D eigenvalue weighted by atomic mass is 15.0. The summed E-state index contributed by atoms with van der Waals surface area (Å²) in [6, 6.07) is 8.64. The van der Waals surface area contributed by atoms with Crippen LogP contribution in [0.4, 0.5) is 5.82 Å². The largest absolute Gasteiger partial charge is 0.369 e. The summed E-state index contributed by atoms with van der Waals surface area (Å²) < 4.78 is 0. The molecular formula is C18H25N3. The first-order chi connectivity index (χ1) is 9.82. The first kappa shape index (κ1) is 15.5. The predicted molar refractivity (Wildman–Crippen MR) is 89.8 cm³/mol. The number of rotatable bonds is 3. The van der Waals surface area contributed by atoms with E-state index in [1.54, 1.807) is 0 Å². The van der Waals surface area contributed by atoms with Crippen molar-refractivity contribution >= 4 is 5.82 Å². The van der Waals surface area contributed by atoms with Gasteiger partial charge in [-0.3, -0.25) is 0 Å². The zero-order valence-corrected chi connectivity index (χ0v) is 13.9. The molecule has 0 unspecified atom stereocenters. The highest BCUT2D eigenvalue weighted by Crippen LogP contribution is 2.29. The molecule has 0 saturated heterocycles. The second kappa shape index (κ2) is 5.84. The summed E-state index contributed by atoms with van der Waals surface area (Å²) in [5.74, 6) is 0.865. The third-order valence-corrected chi connectivity index (χ3v) is 3.68. The van der Waals surface area contributed by atoms with Gasteiger partial charge in [-0.25, -0.2) is 9.97 Å². The van der Waals surface area contributed by atoms with E-state index in [0.717, 1.165) is 35.0 Å². The van der Waals surface area contributed by atoms with E-state index in [4.69, 9.17) is 4.98 Å². The van der Waals surface area contributed by atoms with Gasteiger partial charge in [0.25, 0.3) is 0 Å². The van der Waals surface area contributed by atoms with Gasteiger partial charge in [0.05, 0.1) is 11.4 Å². The van der Waals surface area contributed by atoms with Crippen LogP contribution in [0.1, 0.15) is 44.6 Å². The van der Waals surface area contributed by atoms with Crippen LogP contribution in [0.25, 0.3) is 11.3 Å². The molecule has 2 aromatic rings. The van der Waals surface area contributed by atoms with Gasteiger partial charge >= 0.3 is 0 Å². The van der Waals surface area contributed by atoms with Crippen molar-refractivity contribution in [1.82, 2.24) is 9.97 Å². The van der Waals surface area contributed by atoms with Gasteiger partial charge in [0, 0.05) is 12.1 Å². The summed E-state index contributed by atoms with van der Waals surface area (Å²) in [4.78, 5) is 9.36. The lowest BCUT2D eigenvalue weighted by molar-refractivity contribution is 0.590. The number of hydrogen-bond donors (Lipinski definition) is 1. The van der Waals surface area contributed by atoms with Crippen LogP contribution in [-0.2, 0) is 5.41 Å². The van der Waals surface area contributed by atoms with Crippen LogP contribution in [-0.4, -0.2) is 16.5 Å². The second-order valence-electron chi connectivity index (χ2n) is 6.45. The molecule has 3 nitrogen and oxygen atoms in total. The maximum Gasteiger partial charge on any atom is 0.152 e. The van der Waals surface area contributed by atoms with Gasteiger partial charge in [-0.15, -0.1) is 0 Å². The fraction of sp³-hybridized carbons (Fsp3) is 0.444. The molecule has 0 aliphatic carbocycles. The summed E-state index contributed by atoms with van der Waals surface area (Å²) in [5, 5.41) is 3.31. The van der Waals surface area contributed by atoms with Gasteiger partial charge in [-0.05, 0) is 31.7 Å². The van der Waals surface area contributed by atoms with Crippen molar-refractivity contribution < 1.29 is 0 Å². The average Bonchev–Trinajstić information content (AvgIpc) is 2.42. The van der Waals surface area contributed by atoms with Crippen LogP contribution >= 0.6 is 0 Å². The molecule has 1 aromatic carbocycles. The maximum absolute atomic E-state index is 4.73. The Morgan fingerprint density at radius 1 is 0.952 bits per heavy atom. The van der Waals surface area contributed by atoms with E-state index in [1.807, 2.05) is 13.8 Å². The third kappa shape index (κ3) is 3.41. The van der Waals surface area contributed by atoms with E-state index in [1.165, 1.54) is 5.56 Å². The fourth-order valence-electron chi connectivity index (χ4n) is 2.22. The Kier molecular flexibility index (Phi) is 4.31. The molecule has 0 radical (unpaired) electrons. The van der Waals surface area contributed by atoms with E-state index in [2.05, 4.69) is 62.3 Å². The zero-order valence-electron chi connectivity index (χ0n) is 13.9. The minimum absolute atomic E-state index is 0.165. The van der Waals surface area contributed by atoms with Gasteiger partial charge in [-0.1, -0.05) is 45.0 Å². The Bertz CT molecular complexity index is 622. The molecule has 0 amide bonds. The average molecular weight is 283 g/mol. The topological polar surface area (TPSA) is 37.8 Å². The SMILES string of the molecule is CCNc1nc(C)c(C)nc1-c1ccc(C(C)(C)C)cc1. The van der Waals surface area contributed by atoms with E-state index in [-0.39, 0.29) is 5.41 Å². The highest BCUT2D eigenvalue weighted by molar-refractivity contribution is 5.72. The molecule has 2 rings (SSSR count). The molecule has 1 aromatic heterocycles. The van der Waals surface area contributed by atoms with Crippen LogP contribution < -0.4 is 5.32 Å². The van der Waals surface area contributed by atoms with Gasteiger partial charge in [0.1, 0.15) is 5.69 Å². The Hall–Kier alpha value is -1.90. The molecule has 21 heavy (non-hydrogen) atoms. The number of aryl methyl sites for hydroxylation is 2. The lowest BCUT2D eigenvalue weighted by Gasteiger charge is -2.19. The van der Waals surface area contributed by atoms with E-state index < -0.39 is 0 Å². The molecule has 0 aliphatic heterocycles. The molecule has 0 atom stereocenters. The summed E-state index contributed by atoms with van der Waals surface area (Å²) in [5.41, 5.74) is 5.48. The Morgan fingerprint density at radius 3 is 2.05 bits per heavy atom. The molecular weight excluding hydrogens is 258 g/mol. The van der Waals surface area contributed by atoms with Crippen molar-refractivity contribution in [3.63, 3.8) is 0 Å². The molecule has 1 N–H and O–H groups in total. The molecule has 0 bridgehead atoms. The number of benzene rings is 1. The fourth-order valence-corrected chi connectivity index (χ4v) is 2.22. The minimum Gasteiger partial charge on any atom is -0.369 e. The number of aromatic nitrogens is 2. The van der Waals surface area contributed by atoms with E-state index >= 15 is 0 Å². The number of anilines is 1. The zero-order chi connectivity index (χ0) is 15.6. The highest BCUT2D eigenvalue weighted by Gasteiger charge is 2.15. The Labute approximate surface area is 127 Å². The number of nitrogens with one attached hydrogen (secondary N) is 1. The normalized spacial score (nSPS) is 11.5. The van der Waals surface area contributed by atoms with Gasteiger partial charge in [0.15, 0.2) is 5.82 Å². The molecule has 0 saturated carbocycles. The minimum atomic E-state index is 0.165. The first-order valence-corrected chi connectivity index (χ1v) is 7.53. The van der Waals surface area contributed by atoms with Crippen molar-refractivity contribution in [2.45, 2.75) is 47.0 Å².